The summed E-state index contributed by atoms with van der Waals surface area (Å²) in [5.41, 5.74) is 4.69. The average molecular weight is 458 g/mol. The molecule has 2 aliphatic heterocycles. The molecule has 0 aromatic heterocycles. The van der Waals surface area contributed by atoms with Crippen molar-refractivity contribution in [1.29, 1.82) is 0 Å². The Bertz CT molecular complexity index is 490. The van der Waals surface area contributed by atoms with Crippen molar-refractivity contribution < 1.29 is 50.0 Å². The second kappa shape index (κ2) is 12.8. The highest BCUT2D eigenvalue weighted by molar-refractivity contribution is 7.99. The van der Waals surface area contributed by atoms with Crippen LogP contribution in [0.4, 0.5) is 0 Å². The zero-order chi connectivity index (χ0) is 22.3. The third-order valence-corrected chi connectivity index (χ3v) is 6.58. The lowest BCUT2D eigenvalue weighted by atomic mass is 9.98. The predicted molar refractivity (Wildman–Crippen MR) is 106 cm³/mol. The molecule has 11 nitrogen and oxygen atoms in total. The quantitative estimate of drug-likeness (QED) is 0.145. The van der Waals surface area contributed by atoms with Gasteiger partial charge in [-0.3, -0.25) is 0 Å². The van der Waals surface area contributed by atoms with Gasteiger partial charge in [-0.05, 0) is 25.1 Å². The Hall–Kier alpha value is -0.0900. The summed E-state index contributed by atoms with van der Waals surface area (Å²) in [6.45, 7) is -0.487. The highest BCUT2D eigenvalue weighted by atomic mass is 32.2. The summed E-state index contributed by atoms with van der Waals surface area (Å²) >= 11 is 1.33. The summed E-state index contributed by atoms with van der Waals surface area (Å²) < 4.78 is 16.7. The van der Waals surface area contributed by atoms with Gasteiger partial charge < -0.3 is 55.7 Å². The Kier molecular flexibility index (Phi) is 11.2. The Labute approximate surface area is 179 Å². The van der Waals surface area contributed by atoms with Crippen LogP contribution in [0.15, 0.2) is 0 Å². The number of aliphatic hydroxyl groups excluding tert-OH is 7. The molecule has 2 heterocycles. The van der Waals surface area contributed by atoms with E-state index < -0.39 is 73.8 Å². The molecular weight excluding hydrogens is 422 g/mol. The minimum absolute atomic E-state index is 0.501. The standard InChI is InChI=1S/C18H35NO10S/c19-5-3-1-2-4-6-30-18-16(14(25)12(23)10(8-21)28-18)29-17-15(26)13(24)11(22)9(7-20)27-17/h9-18,20-26H,1-8,19H2/t9-,10-,11-,12-,13+,14+,15+,16+,17-,18+/m1/s1. The number of hydrogen-bond donors (Lipinski definition) is 8. The van der Waals surface area contributed by atoms with Gasteiger partial charge in [0.15, 0.2) is 6.29 Å². The number of unbranched alkanes of at least 4 members (excludes halogenated alkanes) is 3. The van der Waals surface area contributed by atoms with Crippen molar-refractivity contribution in [1.82, 2.24) is 0 Å². The van der Waals surface area contributed by atoms with Gasteiger partial charge in [0.1, 0.15) is 54.3 Å². The molecule has 0 amide bonds. The van der Waals surface area contributed by atoms with Gasteiger partial charge in [-0.2, -0.15) is 0 Å². The van der Waals surface area contributed by atoms with Gasteiger partial charge in [0.25, 0.3) is 0 Å². The highest BCUT2D eigenvalue weighted by Crippen LogP contribution is 2.34. The molecule has 0 radical (unpaired) electrons. The minimum atomic E-state index is -1.65. The Balaban J connectivity index is 2.04. The fourth-order valence-electron chi connectivity index (χ4n) is 3.47. The summed E-state index contributed by atoms with van der Waals surface area (Å²) in [7, 11) is 0. The molecular formula is C18H35NO10S. The van der Waals surface area contributed by atoms with Crippen LogP contribution in [-0.2, 0) is 14.2 Å². The first-order valence-electron chi connectivity index (χ1n) is 10.3. The molecule has 0 bridgehead atoms. The van der Waals surface area contributed by atoms with Crippen LogP contribution >= 0.6 is 11.8 Å². The second-order valence-electron chi connectivity index (χ2n) is 7.58. The fourth-order valence-corrected chi connectivity index (χ4v) is 4.71. The van der Waals surface area contributed by atoms with Crippen LogP contribution in [0.25, 0.3) is 0 Å². The SMILES string of the molecule is NCCCCCCS[C@@H]1O[C@H](CO)[C@@H](O)[C@H](O)[C@@H]1O[C@H]1O[C@H](CO)[C@@H](O)[C@H](O)[C@@H]1O. The zero-order valence-corrected chi connectivity index (χ0v) is 17.6. The molecule has 12 heteroatoms. The van der Waals surface area contributed by atoms with Crippen molar-refractivity contribution in [2.24, 2.45) is 5.73 Å². The maximum absolute atomic E-state index is 10.5. The molecule has 2 rings (SSSR count). The third-order valence-electron chi connectivity index (χ3n) is 5.34. The van der Waals surface area contributed by atoms with Crippen LogP contribution in [0.1, 0.15) is 25.7 Å². The van der Waals surface area contributed by atoms with E-state index in [2.05, 4.69) is 0 Å². The van der Waals surface area contributed by atoms with E-state index in [4.69, 9.17) is 19.9 Å². The summed E-state index contributed by atoms with van der Waals surface area (Å²) in [5, 5.41) is 69.6. The maximum Gasteiger partial charge on any atom is 0.187 e. The minimum Gasteiger partial charge on any atom is -0.394 e. The lowest BCUT2D eigenvalue weighted by molar-refractivity contribution is -0.334. The van der Waals surface area contributed by atoms with Crippen LogP contribution in [0.2, 0.25) is 0 Å². The van der Waals surface area contributed by atoms with Crippen LogP contribution in [0.3, 0.4) is 0 Å². The van der Waals surface area contributed by atoms with E-state index in [9.17, 15) is 35.7 Å². The monoisotopic (exact) mass is 457 g/mol. The van der Waals surface area contributed by atoms with Gasteiger partial charge in [0.2, 0.25) is 0 Å². The van der Waals surface area contributed by atoms with Crippen LogP contribution in [-0.4, -0.2) is 122 Å². The van der Waals surface area contributed by atoms with Crippen LogP contribution in [0, 0.1) is 0 Å². The molecule has 0 unspecified atom stereocenters. The van der Waals surface area contributed by atoms with Gasteiger partial charge >= 0.3 is 0 Å². The second-order valence-corrected chi connectivity index (χ2v) is 8.78. The first-order chi connectivity index (χ1) is 14.3. The molecule has 30 heavy (non-hydrogen) atoms. The molecule has 0 aromatic rings. The van der Waals surface area contributed by atoms with Crippen molar-refractivity contribution in [3.8, 4) is 0 Å². The van der Waals surface area contributed by atoms with Crippen molar-refractivity contribution >= 4 is 11.8 Å². The lowest BCUT2D eigenvalue weighted by Crippen LogP contribution is -2.63. The average Bonchev–Trinajstić information content (AvgIpc) is 2.75. The Morgan fingerprint density at radius 1 is 0.733 bits per heavy atom. The van der Waals surface area contributed by atoms with Gasteiger partial charge in [-0.25, -0.2) is 0 Å². The van der Waals surface area contributed by atoms with Gasteiger partial charge in [-0.15, -0.1) is 11.8 Å². The van der Waals surface area contributed by atoms with Gasteiger partial charge in [0, 0.05) is 0 Å². The molecule has 2 aliphatic rings. The van der Waals surface area contributed by atoms with E-state index in [0.717, 1.165) is 25.7 Å². The molecule has 0 aromatic carbocycles. The number of rotatable bonds is 11. The van der Waals surface area contributed by atoms with E-state index >= 15 is 0 Å². The third kappa shape index (κ3) is 6.47. The first-order valence-corrected chi connectivity index (χ1v) is 11.3. The topological polar surface area (TPSA) is 195 Å². The number of thioether (sulfide) groups is 1. The molecule has 2 saturated heterocycles. The number of ether oxygens (including phenoxy) is 3. The molecule has 0 aliphatic carbocycles. The van der Waals surface area contributed by atoms with Crippen molar-refractivity contribution in [2.45, 2.75) is 86.2 Å². The van der Waals surface area contributed by atoms with Crippen molar-refractivity contribution in [3.05, 3.63) is 0 Å². The maximum atomic E-state index is 10.5. The fraction of sp³-hybridized carbons (Fsp3) is 1.00. The smallest absolute Gasteiger partial charge is 0.187 e. The van der Waals surface area contributed by atoms with Gasteiger partial charge in [0.05, 0.1) is 13.2 Å². The Morgan fingerprint density at radius 3 is 1.97 bits per heavy atom. The molecule has 178 valence electrons. The molecule has 9 N–H and O–H groups in total. The number of aliphatic hydroxyl groups is 7. The molecule has 0 saturated carbocycles. The summed E-state index contributed by atoms with van der Waals surface area (Å²) in [5.74, 6) is 0.657. The number of nitrogens with two attached hydrogens (primary N) is 1. The van der Waals surface area contributed by atoms with Crippen molar-refractivity contribution in [2.75, 3.05) is 25.5 Å². The van der Waals surface area contributed by atoms with E-state index in [1.165, 1.54) is 11.8 Å². The zero-order valence-electron chi connectivity index (χ0n) is 16.8. The first kappa shape index (κ1) is 26.2. The van der Waals surface area contributed by atoms with Gasteiger partial charge in [-0.1, -0.05) is 12.8 Å². The lowest BCUT2D eigenvalue weighted by Gasteiger charge is -2.46. The van der Waals surface area contributed by atoms with Crippen LogP contribution < -0.4 is 5.73 Å². The summed E-state index contributed by atoms with van der Waals surface area (Å²) in [6, 6.07) is 0. The molecule has 0 spiro atoms. The number of hydrogen-bond acceptors (Lipinski definition) is 12. The predicted octanol–water partition coefficient (Wildman–Crippen LogP) is -3.14. The normalized spacial score (nSPS) is 42.4. The molecule has 10 atom stereocenters. The summed E-state index contributed by atoms with van der Waals surface area (Å²) in [6.07, 6.45) is -8.78. The van der Waals surface area contributed by atoms with E-state index in [1.807, 2.05) is 0 Å². The Morgan fingerprint density at radius 2 is 1.33 bits per heavy atom. The highest BCUT2D eigenvalue weighted by Gasteiger charge is 2.50. The molecule has 2 fully saturated rings. The largest absolute Gasteiger partial charge is 0.394 e. The van der Waals surface area contributed by atoms with E-state index in [1.54, 1.807) is 0 Å². The van der Waals surface area contributed by atoms with Crippen molar-refractivity contribution in [3.63, 3.8) is 0 Å². The van der Waals surface area contributed by atoms with E-state index in [0.29, 0.717) is 12.3 Å². The van der Waals surface area contributed by atoms with Crippen LogP contribution in [0.5, 0.6) is 0 Å². The summed E-state index contributed by atoms with van der Waals surface area (Å²) in [4.78, 5) is 0. The van der Waals surface area contributed by atoms with E-state index in [-0.39, 0.29) is 0 Å².